The van der Waals surface area contributed by atoms with E-state index in [9.17, 15) is 9.90 Å². The lowest BCUT2D eigenvalue weighted by atomic mass is 9.94. The van der Waals surface area contributed by atoms with Crippen molar-refractivity contribution >= 4 is 5.91 Å². The molecule has 0 aliphatic carbocycles. The molecule has 1 atom stereocenters. The first-order valence-corrected chi connectivity index (χ1v) is 9.26. The Labute approximate surface area is 163 Å². The van der Waals surface area contributed by atoms with Gasteiger partial charge in [0.25, 0.3) is 5.91 Å². The van der Waals surface area contributed by atoms with E-state index in [2.05, 4.69) is 10.2 Å². The number of fused-ring (bicyclic) bond motifs is 1. The van der Waals surface area contributed by atoms with Gasteiger partial charge in [-0.25, -0.2) is 0 Å². The average Bonchev–Trinajstić information content (AvgIpc) is 3.23. The third-order valence-corrected chi connectivity index (χ3v) is 5.22. The predicted molar refractivity (Wildman–Crippen MR) is 106 cm³/mol. The number of methoxy groups -OCH3 is 1. The molecule has 0 fully saturated rings. The smallest absolute Gasteiger partial charge is 0.273 e. The standard InChI is InChI=1S/C22H23N3O3/c1-13-11-14(2)21(26)16(12-13)18-17-19(24-23-18)22(27)25(9-10-28-3)20(17)15-7-5-4-6-8-15/h4-8,11-12,20,26H,9-10H2,1-3H3,(H,23,24). The van der Waals surface area contributed by atoms with Crippen molar-refractivity contribution in [2.75, 3.05) is 20.3 Å². The summed E-state index contributed by atoms with van der Waals surface area (Å²) >= 11 is 0. The summed E-state index contributed by atoms with van der Waals surface area (Å²) in [6.45, 7) is 4.75. The van der Waals surface area contributed by atoms with Crippen molar-refractivity contribution in [3.05, 3.63) is 70.4 Å². The van der Waals surface area contributed by atoms with E-state index in [1.807, 2.05) is 56.3 Å². The van der Waals surface area contributed by atoms with Crippen LogP contribution in [0.4, 0.5) is 0 Å². The number of carbonyl (C=O) groups excluding carboxylic acids is 1. The summed E-state index contributed by atoms with van der Waals surface area (Å²) in [6.07, 6.45) is 0. The molecule has 1 amide bonds. The summed E-state index contributed by atoms with van der Waals surface area (Å²) in [5.41, 5.74) is 5.32. The van der Waals surface area contributed by atoms with E-state index in [0.717, 1.165) is 22.3 Å². The van der Waals surface area contributed by atoms with E-state index < -0.39 is 0 Å². The van der Waals surface area contributed by atoms with Crippen molar-refractivity contribution in [3.8, 4) is 17.0 Å². The molecule has 1 aromatic heterocycles. The van der Waals surface area contributed by atoms with Gasteiger partial charge in [0.1, 0.15) is 17.1 Å². The minimum atomic E-state index is -0.284. The summed E-state index contributed by atoms with van der Waals surface area (Å²) in [5.74, 6) is 0.0815. The number of phenols is 1. The Hall–Kier alpha value is -3.12. The number of aromatic hydroxyl groups is 1. The van der Waals surface area contributed by atoms with Gasteiger partial charge in [0, 0.05) is 24.8 Å². The van der Waals surface area contributed by atoms with Gasteiger partial charge >= 0.3 is 0 Å². The largest absolute Gasteiger partial charge is 0.507 e. The lowest BCUT2D eigenvalue weighted by molar-refractivity contribution is 0.0677. The summed E-state index contributed by atoms with van der Waals surface area (Å²) in [7, 11) is 1.62. The zero-order chi connectivity index (χ0) is 19.8. The maximum Gasteiger partial charge on any atom is 0.273 e. The predicted octanol–water partition coefficient (Wildman–Crippen LogP) is 3.59. The van der Waals surface area contributed by atoms with Crippen LogP contribution in [0.1, 0.15) is 38.8 Å². The van der Waals surface area contributed by atoms with Crippen LogP contribution in [0.15, 0.2) is 42.5 Å². The van der Waals surface area contributed by atoms with Crippen LogP contribution in [0.25, 0.3) is 11.3 Å². The SMILES string of the molecule is COCCN1C(=O)c2[nH]nc(-c3cc(C)cc(C)c3O)c2C1c1ccccc1. The van der Waals surface area contributed by atoms with E-state index in [4.69, 9.17) is 4.74 Å². The number of carbonyl (C=O) groups is 1. The molecule has 4 rings (SSSR count). The van der Waals surface area contributed by atoms with Gasteiger partial charge in [-0.2, -0.15) is 5.10 Å². The van der Waals surface area contributed by atoms with Crippen LogP contribution < -0.4 is 0 Å². The molecule has 2 heterocycles. The average molecular weight is 377 g/mol. The highest BCUT2D eigenvalue weighted by atomic mass is 16.5. The van der Waals surface area contributed by atoms with Gasteiger partial charge in [-0.1, -0.05) is 36.4 Å². The van der Waals surface area contributed by atoms with Crippen LogP contribution >= 0.6 is 0 Å². The van der Waals surface area contributed by atoms with Crippen LogP contribution in [0.3, 0.4) is 0 Å². The van der Waals surface area contributed by atoms with Crippen LogP contribution in [0.5, 0.6) is 5.75 Å². The van der Waals surface area contributed by atoms with Gasteiger partial charge in [0.15, 0.2) is 0 Å². The van der Waals surface area contributed by atoms with E-state index in [0.29, 0.717) is 30.1 Å². The third kappa shape index (κ3) is 2.86. The zero-order valence-corrected chi connectivity index (χ0v) is 16.2. The molecule has 144 valence electrons. The van der Waals surface area contributed by atoms with Crippen LogP contribution in [0.2, 0.25) is 0 Å². The Kier molecular flexibility index (Phi) is 4.65. The maximum atomic E-state index is 13.1. The molecule has 6 nitrogen and oxygen atoms in total. The van der Waals surface area contributed by atoms with Gasteiger partial charge < -0.3 is 14.7 Å². The van der Waals surface area contributed by atoms with E-state index in [1.165, 1.54) is 0 Å². The summed E-state index contributed by atoms with van der Waals surface area (Å²) in [5, 5.41) is 18.0. The Morgan fingerprint density at radius 2 is 1.96 bits per heavy atom. The molecular formula is C22H23N3O3. The van der Waals surface area contributed by atoms with Gasteiger partial charge in [0.05, 0.1) is 12.6 Å². The molecule has 2 N–H and O–H groups in total. The summed E-state index contributed by atoms with van der Waals surface area (Å²) < 4.78 is 5.22. The molecular weight excluding hydrogens is 354 g/mol. The monoisotopic (exact) mass is 377 g/mol. The lowest BCUT2D eigenvalue weighted by Crippen LogP contribution is -2.32. The van der Waals surface area contributed by atoms with Gasteiger partial charge in [0.2, 0.25) is 0 Å². The Balaban J connectivity index is 1.91. The highest BCUT2D eigenvalue weighted by Gasteiger charge is 2.42. The molecule has 0 saturated heterocycles. The van der Waals surface area contributed by atoms with Crippen molar-refractivity contribution in [3.63, 3.8) is 0 Å². The van der Waals surface area contributed by atoms with Crippen molar-refractivity contribution in [2.24, 2.45) is 0 Å². The summed E-state index contributed by atoms with van der Waals surface area (Å²) in [4.78, 5) is 14.9. The molecule has 28 heavy (non-hydrogen) atoms. The number of hydrogen-bond donors (Lipinski definition) is 2. The van der Waals surface area contributed by atoms with Crippen molar-refractivity contribution < 1.29 is 14.6 Å². The van der Waals surface area contributed by atoms with Gasteiger partial charge in [-0.05, 0) is 36.6 Å². The topological polar surface area (TPSA) is 78.5 Å². The second-order valence-corrected chi connectivity index (χ2v) is 7.14. The molecule has 0 radical (unpaired) electrons. The van der Waals surface area contributed by atoms with Crippen LogP contribution in [-0.4, -0.2) is 46.4 Å². The second-order valence-electron chi connectivity index (χ2n) is 7.14. The number of H-pyrrole nitrogens is 1. The molecule has 2 aromatic carbocycles. The zero-order valence-electron chi connectivity index (χ0n) is 16.2. The number of aromatic amines is 1. The van der Waals surface area contributed by atoms with Gasteiger partial charge in [-0.3, -0.25) is 9.89 Å². The molecule has 1 unspecified atom stereocenters. The van der Waals surface area contributed by atoms with Crippen molar-refractivity contribution in [1.29, 1.82) is 0 Å². The highest BCUT2D eigenvalue weighted by molar-refractivity contribution is 6.00. The summed E-state index contributed by atoms with van der Waals surface area (Å²) in [6, 6.07) is 13.4. The Morgan fingerprint density at radius 3 is 2.68 bits per heavy atom. The quantitative estimate of drug-likeness (QED) is 0.712. The Morgan fingerprint density at radius 1 is 1.21 bits per heavy atom. The molecule has 6 heteroatoms. The minimum Gasteiger partial charge on any atom is -0.507 e. The minimum absolute atomic E-state index is 0.108. The molecule has 0 bridgehead atoms. The molecule has 1 aliphatic rings. The molecule has 0 spiro atoms. The number of nitrogens with one attached hydrogen (secondary N) is 1. The van der Waals surface area contributed by atoms with Crippen molar-refractivity contribution in [2.45, 2.75) is 19.9 Å². The number of aryl methyl sites for hydroxylation is 2. The van der Waals surface area contributed by atoms with Gasteiger partial charge in [-0.15, -0.1) is 0 Å². The number of phenolic OH excluding ortho intramolecular Hbond substituents is 1. The lowest BCUT2D eigenvalue weighted by Gasteiger charge is -2.26. The van der Waals surface area contributed by atoms with E-state index >= 15 is 0 Å². The van der Waals surface area contributed by atoms with E-state index in [1.54, 1.807) is 12.0 Å². The van der Waals surface area contributed by atoms with Crippen LogP contribution in [0, 0.1) is 13.8 Å². The first-order chi connectivity index (χ1) is 13.5. The van der Waals surface area contributed by atoms with Crippen LogP contribution in [-0.2, 0) is 4.74 Å². The molecule has 3 aromatic rings. The first-order valence-electron chi connectivity index (χ1n) is 9.26. The first kappa shape index (κ1) is 18.3. The number of nitrogens with zero attached hydrogens (tertiary/aromatic N) is 2. The number of aromatic nitrogens is 2. The normalized spacial score (nSPS) is 15.9. The highest BCUT2D eigenvalue weighted by Crippen LogP contribution is 2.45. The number of hydrogen-bond acceptors (Lipinski definition) is 4. The number of ether oxygens (including phenoxy) is 1. The Bertz CT molecular complexity index is 1030. The fourth-order valence-electron chi connectivity index (χ4n) is 3.94. The molecule has 0 saturated carbocycles. The maximum absolute atomic E-state index is 13.1. The fourth-order valence-corrected chi connectivity index (χ4v) is 3.94. The fraction of sp³-hybridized carbons (Fsp3) is 0.273. The van der Waals surface area contributed by atoms with E-state index in [-0.39, 0.29) is 17.7 Å². The second kappa shape index (κ2) is 7.13. The number of amides is 1. The molecule has 1 aliphatic heterocycles. The number of benzene rings is 2. The van der Waals surface area contributed by atoms with Crippen molar-refractivity contribution in [1.82, 2.24) is 15.1 Å². The third-order valence-electron chi connectivity index (χ3n) is 5.22. The number of rotatable bonds is 5.